The fraction of sp³-hybridized carbons (Fsp3) is 0.481. The number of aliphatic hydroxyl groups is 1. The number of phosphoric ester groups is 1. The molecular weight excluding hydrogens is 499 g/mol. The van der Waals surface area contributed by atoms with Gasteiger partial charge in [0, 0.05) is 13.3 Å². The van der Waals surface area contributed by atoms with Crippen molar-refractivity contribution in [2.45, 2.75) is 71.0 Å². The van der Waals surface area contributed by atoms with Crippen LogP contribution in [0.15, 0.2) is 72.9 Å². The van der Waals surface area contributed by atoms with Crippen LogP contribution in [0, 0.1) is 0 Å². The monoisotopic (exact) mass is 540 g/mol. The van der Waals surface area contributed by atoms with Gasteiger partial charge in [-0.2, -0.15) is 0 Å². The number of allylic oxidation sites excluding steroid dienone is 10. The van der Waals surface area contributed by atoms with Gasteiger partial charge >= 0.3 is 19.8 Å². The molecule has 37 heavy (non-hydrogen) atoms. The standard InChI is InChI=1S/C27H41O9P/c1-3-4-5-6-7-8-9-10-11-12-13-14-16-19-25(29)20-17-15-18-21-27(30)34-22-26(36-24(2)28)23-35-37(31,32)33/h4-5,7-8,10-11,13-17,19,25-26,29H,3,6,9,12,18,20-23H2,1-2H3,(H2,31,32,33)/b5-4-,8-7-,11-10-,14-13-,17-15-,19-16-/t25?,26-/m1/s1. The van der Waals surface area contributed by atoms with Gasteiger partial charge in [-0.05, 0) is 38.5 Å². The molecule has 0 bridgehead atoms. The summed E-state index contributed by atoms with van der Waals surface area (Å²) in [6.45, 7) is 2.24. The average molecular weight is 541 g/mol. The topological polar surface area (TPSA) is 140 Å². The molecule has 0 saturated carbocycles. The Labute approximate surface area is 220 Å². The normalized spacial score (nSPS) is 14.6. The van der Waals surface area contributed by atoms with E-state index < -0.39 is 38.6 Å². The number of rotatable bonds is 20. The molecule has 0 aliphatic heterocycles. The molecule has 0 amide bonds. The van der Waals surface area contributed by atoms with Gasteiger partial charge in [-0.3, -0.25) is 14.1 Å². The van der Waals surface area contributed by atoms with Gasteiger partial charge in [0.25, 0.3) is 0 Å². The number of hydrogen-bond acceptors (Lipinski definition) is 7. The summed E-state index contributed by atoms with van der Waals surface area (Å²) < 4.78 is 24.8. The van der Waals surface area contributed by atoms with Gasteiger partial charge in [-0.25, -0.2) is 4.57 Å². The van der Waals surface area contributed by atoms with Crippen molar-refractivity contribution in [3.05, 3.63) is 72.9 Å². The van der Waals surface area contributed by atoms with Crippen LogP contribution in [-0.4, -0.2) is 52.3 Å². The van der Waals surface area contributed by atoms with Crippen LogP contribution < -0.4 is 0 Å². The minimum Gasteiger partial charge on any atom is -0.462 e. The molecule has 0 aromatic carbocycles. The zero-order chi connectivity index (χ0) is 27.8. The minimum absolute atomic E-state index is 0.0521. The van der Waals surface area contributed by atoms with Crippen molar-refractivity contribution >= 4 is 19.8 Å². The molecule has 0 aromatic heterocycles. The second-order valence-corrected chi connectivity index (χ2v) is 9.10. The van der Waals surface area contributed by atoms with E-state index in [1.54, 1.807) is 24.3 Å². The maximum absolute atomic E-state index is 11.8. The van der Waals surface area contributed by atoms with E-state index in [4.69, 9.17) is 19.3 Å². The molecule has 0 saturated heterocycles. The van der Waals surface area contributed by atoms with Gasteiger partial charge < -0.3 is 24.4 Å². The number of esters is 2. The molecule has 0 fully saturated rings. The summed E-state index contributed by atoms with van der Waals surface area (Å²) in [5, 5.41) is 9.96. The van der Waals surface area contributed by atoms with Gasteiger partial charge in [-0.15, -0.1) is 0 Å². The van der Waals surface area contributed by atoms with Crippen LogP contribution in [0.25, 0.3) is 0 Å². The quantitative estimate of drug-likeness (QED) is 0.0840. The molecule has 0 aromatic rings. The summed E-state index contributed by atoms with van der Waals surface area (Å²) in [6, 6.07) is 0. The highest BCUT2D eigenvalue weighted by Crippen LogP contribution is 2.35. The van der Waals surface area contributed by atoms with E-state index in [2.05, 4.69) is 47.9 Å². The van der Waals surface area contributed by atoms with E-state index in [9.17, 15) is 19.3 Å². The highest BCUT2D eigenvalue weighted by molar-refractivity contribution is 7.46. The SMILES string of the molecule is CC/C=C\C/C=C\C/C=C\C/C=C\C=C/C(O)C/C=C\CCC(=O)OC[C@H](COP(=O)(O)O)OC(C)=O. The molecule has 0 aliphatic rings. The lowest BCUT2D eigenvalue weighted by Crippen LogP contribution is -2.28. The summed E-state index contributed by atoms with van der Waals surface area (Å²) >= 11 is 0. The van der Waals surface area contributed by atoms with Crippen molar-refractivity contribution < 1.29 is 43.0 Å². The molecular formula is C27H41O9P. The summed E-state index contributed by atoms with van der Waals surface area (Å²) in [5.74, 6) is -1.27. The van der Waals surface area contributed by atoms with Crippen molar-refractivity contribution in [2.75, 3.05) is 13.2 Å². The van der Waals surface area contributed by atoms with Crippen molar-refractivity contribution in [1.82, 2.24) is 0 Å². The largest absolute Gasteiger partial charge is 0.469 e. The Morgan fingerprint density at radius 1 is 0.865 bits per heavy atom. The van der Waals surface area contributed by atoms with Gasteiger partial charge in [0.15, 0.2) is 6.10 Å². The average Bonchev–Trinajstić information content (AvgIpc) is 2.82. The van der Waals surface area contributed by atoms with Gasteiger partial charge in [0.05, 0.1) is 12.7 Å². The number of aliphatic hydroxyl groups excluding tert-OH is 1. The highest BCUT2D eigenvalue weighted by atomic mass is 31.2. The first kappa shape index (κ1) is 34.5. The van der Waals surface area contributed by atoms with Crippen molar-refractivity contribution in [2.24, 2.45) is 0 Å². The number of ether oxygens (including phenoxy) is 2. The number of phosphoric acid groups is 1. The van der Waals surface area contributed by atoms with Crippen LogP contribution in [0.1, 0.15) is 58.8 Å². The molecule has 0 heterocycles. The maximum Gasteiger partial charge on any atom is 0.469 e. The zero-order valence-electron chi connectivity index (χ0n) is 21.7. The third kappa shape index (κ3) is 26.3. The number of carbonyl (C=O) groups excluding carboxylic acids is 2. The Bertz CT molecular complexity index is 850. The first-order valence-corrected chi connectivity index (χ1v) is 13.8. The van der Waals surface area contributed by atoms with Crippen LogP contribution in [0.2, 0.25) is 0 Å². The third-order valence-electron chi connectivity index (χ3n) is 4.38. The van der Waals surface area contributed by atoms with Gasteiger partial charge in [0.2, 0.25) is 0 Å². The van der Waals surface area contributed by atoms with Crippen molar-refractivity contribution in [3.63, 3.8) is 0 Å². The first-order valence-electron chi connectivity index (χ1n) is 12.3. The molecule has 208 valence electrons. The van der Waals surface area contributed by atoms with E-state index >= 15 is 0 Å². The predicted molar refractivity (Wildman–Crippen MR) is 143 cm³/mol. The first-order chi connectivity index (χ1) is 17.6. The van der Waals surface area contributed by atoms with E-state index in [0.717, 1.165) is 32.6 Å². The van der Waals surface area contributed by atoms with Crippen LogP contribution in [0.4, 0.5) is 0 Å². The molecule has 0 aliphatic carbocycles. The lowest BCUT2D eigenvalue weighted by atomic mass is 10.2. The molecule has 0 spiro atoms. The van der Waals surface area contributed by atoms with E-state index in [1.165, 1.54) is 0 Å². The zero-order valence-corrected chi connectivity index (χ0v) is 22.6. The second-order valence-electron chi connectivity index (χ2n) is 7.86. The summed E-state index contributed by atoms with van der Waals surface area (Å²) in [6.07, 6.45) is 26.5. The maximum atomic E-state index is 11.8. The summed E-state index contributed by atoms with van der Waals surface area (Å²) in [7, 11) is -4.74. The highest BCUT2D eigenvalue weighted by Gasteiger charge is 2.21. The van der Waals surface area contributed by atoms with Crippen LogP contribution in [-0.2, 0) is 28.2 Å². The van der Waals surface area contributed by atoms with Gasteiger partial charge in [-0.1, -0.05) is 79.8 Å². The second kappa shape index (κ2) is 22.6. The minimum atomic E-state index is -4.74. The number of hydrogen-bond donors (Lipinski definition) is 3. The van der Waals surface area contributed by atoms with Crippen LogP contribution >= 0.6 is 7.82 Å². The third-order valence-corrected chi connectivity index (χ3v) is 4.87. The smallest absolute Gasteiger partial charge is 0.462 e. The Morgan fingerprint density at radius 3 is 2.08 bits per heavy atom. The molecule has 2 atom stereocenters. The predicted octanol–water partition coefficient (Wildman–Crippen LogP) is 5.02. The fourth-order valence-electron chi connectivity index (χ4n) is 2.66. The van der Waals surface area contributed by atoms with E-state index in [1.807, 2.05) is 12.2 Å². The Kier molecular flexibility index (Phi) is 21.1. The molecule has 1 unspecified atom stereocenters. The lowest BCUT2D eigenvalue weighted by Gasteiger charge is -2.17. The lowest BCUT2D eigenvalue weighted by molar-refractivity contribution is -0.159. The Hall–Kier alpha value is -2.55. The Balaban J connectivity index is 4.05. The molecule has 9 nitrogen and oxygen atoms in total. The summed E-state index contributed by atoms with van der Waals surface area (Å²) in [4.78, 5) is 40.3. The summed E-state index contributed by atoms with van der Waals surface area (Å²) in [5.41, 5.74) is 0. The molecule has 0 radical (unpaired) electrons. The number of carbonyl (C=O) groups is 2. The molecule has 0 rings (SSSR count). The van der Waals surface area contributed by atoms with E-state index in [0.29, 0.717) is 12.8 Å². The van der Waals surface area contributed by atoms with E-state index in [-0.39, 0.29) is 13.0 Å². The Morgan fingerprint density at radius 2 is 1.49 bits per heavy atom. The molecule has 3 N–H and O–H groups in total. The van der Waals surface area contributed by atoms with Crippen molar-refractivity contribution in [1.29, 1.82) is 0 Å². The molecule has 10 heteroatoms. The van der Waals surface area contributed by atoms with Crippen LogP contribution in [0.3, 0.4) is 0 Å². The van der Waals surface area contributed by atoms with Gasteiger partial charge in [0.1, 0.15) is 6.61 Å². The van der Waals surface area contributed by atoms with Crippen molar-refractivity contribution in [3.8, 4) is 0 Å². The fourth-order valence-corrected chi connectivity index (χ4v) is 3.02. The van der Waals surface area contributed by atoms with Crippen LogP contribution in [0.5, 0.6) is 0 Å².